The van der Waals surface area contributed by atoms with E-state index in [-0.39, 0.29) is 5.91 Å². The maximum absolute atomic E-state index is 11.9. The molecule has 0 atom stereocenters. The van der Waals surface area contributed by atoms with Gasteiger partial charge >= 0.3 is 0 Å². The summed E-state index contributed by atoms with van der Waals surface area (Å²) in [6.45, 7) is 6.50. The van der Waals surface area contributed by atoms with Crippen molar-refractivity contribution in [3.63, 3.8) is 0 Å². The second kappa shape index (κ2) is 7.07. The monoisotopic (exact) mass is 255 g/mol. The van der Waals surface area contributed by atoms with Gasteiger partial charge in [0.15, 0.2) is 0 Å². The number of nitrogens with zero attached hydrogens (tertiary/aromatic N) is 2. The minimum atomic E-state index is 0.213. The van der Waals surface area contributed by atoms with Crippen LogP contribution in [0.4, 0.5) is 0 Å². The molecule has 1 saturated carbocycles. The third-order valence-electron chi connectivity index (χ3n) is 3.61. The molecule has 1 aliphatic carbocycles. The molecular weight excluding hydrogens is 230 g/mol. The van der Waals surface area contributed by atoms with Gasteiger partial charge in [0.05, 0.1) is 13.2 Å². The molecule has 5 nitrogen and oxygen atoms in total. The smallest absolute Gasteiger partial charge is 0.236 e. The first-order chi connectivity index (χ1) is 8.75. The molecule has 0 aromatic heterocycles. The van der Waals surface area contributed by atoms with E-state index in [1.165, 1.54) is 12.8 Å². The van der Waals surface area contributed by atoms with Crippen molar-refractivity contribution < 1.29 is 9.53 Å². The Balaban J connectivity index is 1.46. The third kappa shape index (κ3) is 4.92. The van der Waals surface area contributed by atoms with E-state index in [0.717, 1.165) is 45.2 Å². The molecule has 0 spiro atoms. The third-order valence-corrected chi connectivity index (χ3v) is 3.61. The van der Waals surface area contributed by atoms with Gasteiger partial charge in [-0.15, -0.1) is 0 Å². The Morgan fingerprint density at radius 3 is 2.67 bits per heavy atom. The molecule has 2 aliphatic rings. The fraction of sp³-hybridized carbons (Fsp3) is 0.923. The van der Waals surface area contributed by atoms with Gasteiger partial charge in [-0.05, 0) is 25.8 Å². The van der Waals surface area contributed by atoms with Crippen molar-refractivity contribution in [3.05, 3.63) is 0 Å². The lowest BCUT2D eigenvalue weighted by atomic mass is 10.3. The highest BCUT2D eigenvalue weighted by atomic mass is 16.5. The largest absolute Gasteiger partial charge is 0.380 e. The fourth-order valence-corrected chi connectivity index (χ4v) is 2.04. The highest BCUT2D eigenvalue weighted by molar-refractivity contribution is 5.78. The molecule has 18 heavy (non-hydrogen) atoms. The van der Waals surface area contributed by atoms with Crippen molar-refractivity contribution in [2.75, 3.05) is 59.5 Å². The van der Waals surface area contributed by atoms with Gasteiger partial charge in [-0.25, -0.2) is 0 Å². The van der Waals surface area contributed by atoms with E-state index < -0.39 is 0 Å². The van der Waals surface area contributed by atoms with Crippen molar-refractivity contribution in [2.24, 2.45) is 5.92 Å². The van der Waals surface area contributed by atoms with Crippen molar-refractivity contribution in [1.29, 1.82) is 0 Å². The fourth-order valence-electron chi connectivity index (χ4n) is 2.04. The lowest BCUT2D eigenvalue weighted by Crippen LogP contribution is -2.49. The average Bonchev–Trinajstić information content (AvgIpc) is 3.18. The number of hydrogen-bond donors (Lipinski definition) is 1. The molecule has 0 bridgehead atoms. The molecule has 1 N–H and O–H groups in total. The van der Waals surface area contributed by atoms with E-state index in [9.17, 15) is 4.79 Å². The number of rotatable bonds is 7. The summed E-state index contributed by atoms with van der Waals surface area (Å²) in [6, 6.07) is 0. The topological polar surface area (TPSA) is 44.8 Å². The number of piperazine rings is 1. The molecular formula is C13H25N3O2. The van der Waals surface area contributed by atoms with Crippen LogP contribution in [0.3, 0.4) is 0 Å². The minimum absolute atomic E-state index is 0.213. The van der Waals surface area contributed by atoms with Crippen LogP contribution in [0, 0.1) is 5.92 Å². The predicted molar refractivity (Wildman–Crippen MR) is 70.5 cm³/mol. The van der Waals surface area contributed by atoms with Crippen molar-refractivity contribution in [1.82, 2.24) is 15.1 Å². The number of nitrogens with one attached hydrogen (secondary N) is 1. The standard InChI is InChI=1S/C13H25N3O2/c1-15-5-7-16(8-6-15)13(17)10-14-4-9-18-11-12-2-3-12/h12,14H,2-11H2,1H3. The van der Waals surface area contributed by atoms with Gasteiger partial charge < -0.3 is 19.9 Å². The van der Waals surface area contributed by atoms with Gasteiger partial charge in [0.25, 0.3) is 0 Å². The highest BCUT2D eigenvalue weighted by Crippen LogP contribution is 2.28. The zero-order chi connectivity index (χ0) is 12.8. The lowest BCUT2D eigenvalue weighted by Gasteiger charge is -2.32. The summed E-state index contributed by atoms with van der Waals surface area (Å²) in [5.74, 6) is 1.03. The van der Waals surface area contributed by atoms with Gasteiger partial charge in [0, 0.05) is 39.3 Å². The van der Waals surface area contributed by atoms with Crippen molar-refractivity contribution in [3.8, 4) is 0 Å². The first-order valence-electron chi connectivity index (χ1n) is 7.00. The van der Waals surface area contributed by atoms with Gasteiger partial charge in [0.1, 0.15) is 0 Å². The molecule has 1 saturated heterocycles. The Hall–Kier alpha value is -0.650. The molecule has 1 heterocycles. The average molecular weight is 255 g/mol. The van der Waals surface area contributed by atoms with E-state index >= 15 is 0 Å². The maximum atomic E-state index is 11.9. The number of hydrogen-bond acceptors (Lipinski definition) is 4. The van der Waals surface area contributed by atoms with Crippen LogP contribution in [-0.4, -0.2) is 75.2 Å². The van der Waals surface area contributed by atoms with Crippen molar-refractivity contribution in [2.45, 2.75) is 12.8 Å². The Kier molecular flexibility index (Phi) is 5.41. The molecule has 0 unspecified atom stereocenters. The molecule has 0 aromatic rings. The lowest BCUT2D eigenvalue weighted by molar-refractivity contribution is -0.131. The summed E-state index contributed by atoms with van der Waals surface area (Å²) in [5.41, 5.74) is 0. The van der Waals surface area contributed by atoms with E-state index in [2.05, 4.69) is 17.3 Å². The molecule has 0 radical (unpaired) electrons. The minimum Gasteiger partial charge on any atom is -0.380 e. The maximum Gasteiger partial charge on any atom is 0.236 e. The van der Waals surface area contributed by atoms with Crippen LogP contribution in [0.25, 0.3) is 0 Å². The zero-order valence-corrected chi connectivity index (χ0v) is 11.4. The zero-order valence-electron chi connectivity index (χ0n) is 11.4. The van der Waals surface area contributed by atoms with Crippen LogP contribution < -0.4 is 5.32 Å². The first kappa shape index (κ1) is 13.8. The summed E-state index contributed by atoms with van der Waals surface area (Å²) < 4.78 is 5.50. The van der Waals surface area contributed by atoms with Crippen LogP contribution in [0.2, 0.25) is 0 Å². The molecule has 2 fully saturated rings. The number of amides is 1. The van der Waals surface area contributed by atoms with Crippen LogP contribution in [-0.2, 0) is 9.53 Å². The second-order valence-electron chi connectivity index (χ2n) is 5.38. The summed E-state index contributed by atoms with van der Waals surface area (Å²) in [7, 11) is 2.09. The van der Waals surface area contributed by atoms with Gasteiger partial charge in [-0.3, -0.25) is 4.79 Å². The van der Waals surface area contributed by atoms with E-state index in [0.29, 0.717) is 13.2 Å². The Morgan fingerprint density at radius 2 is 2.00 bits per heavy atom. The second-order valence-corrected chi connectivity index (χ2v) is 5.38. The number of carbonyl (C=O) groups excluding carboxylic acids is 1. The Bertz CT molecular complexity index is 261. The summed E-state index contributed by atoms with van der Waals surface area (Å²) in [5, 5.41) is 3.16. The number of likely N-dealkylation sites (N-methyl/N-ethyl adjacent to an activating group) is 1. The number of ether oxygens (including phenoxy) is 1. The molecule has 0 aromatic carbocycles. The van der Waals surface area contributed by atoms with Crippen LogP contribution in [0.1, 0.15) is 12.8 Å². The van der Waals surface area contributed by atoms with Gasteiger partial charge in [0.2, 0.25) is 5.91 Å². The molecule has 1 aliphatic heterocycles. The van der Waals surface area contributed by atoms with Crippen LogP contribution >= 0.6 is 0 Å². The SMILES string of the molecule is CN1CCN(C(=O)CNCCOCC2CC2)CC1. The van der Waals surface area contributed by atoms with E-state index in [4.69, 9.17) is 4.74 Å². The van der Waals surface area contributed by atoms with E-state index in [1.54, 1.807) is 0 Å². The first-order valence-corrected chi connectivity index (χ1v) is 7.00. The molecule has 104 valence electrons. The van der Waals surface area contributed by atoms with Gasteiger partial charge in [-0.1, -0.05) is 0 Å². The normalized spacial score (nSPS) is 21.3. The number of carbonyl (C=O) groups is 1. The highest BCUT2D eigenvalue weighted by Gasteiger charge is 2.21. The van der Waals surface area contributed by atoms with Crippen molar-refractivity contribution >= 4 is 5.91 Å². The van der Waals surface area contributed by atoms with Crippen LogP contribution in [0.15, 0.2) is 0 Å². The summed E-state index contributed by atoms with van der Waals surface area (Å²) in [6.07, 6.45) is 2.66. The predicted octanol–water partition coefficient (Wildman–Crippen LogP) is -0.223. The van der Waals surface area contributed by atoms with Crippen LogP contribution in [0.5, 0.6) is 0 Å². The quantitative estimate of drug-likeness (QED) is 0.639. The summed E-state index contributed by atoms with van der Waals surface area (Å²) in [4.78, 5) is 16.1. The molecule has 5 heteroatoms. The van der Waals surface area contributed by atoms with Gasteiger partial charge in [-0.2, -0.15) is 0 Å². The molecule has 1 amide bonds. The molecule has 2 rings (SSSR count). The Labute approximate surface area is 109 Å². The Morgan fingerprint density at radius 1 is 1.28 bits per heavy atom. The van der Waals surface area contributed by atoms with E-state index in [1.807, 2.05) is 4.90 Å². The summed E-state index contributed by atoms with van der Waals surface area (Å²) >= 11 is 0.